The largest absolute Gasteiger partial charge is 0.302 e. The summed E-state index contributed by atoms with van der Waals surface area (Å²) in [7, 11) is 0. The summed E-state index contributed by atoms with van der Waals surface area (Å²) in [5.74, 6) is -0.283. The van der Waals surface area contributed by atoms with Crippen LogP contribution in [-0.2, 0) is 9.59 Å². The van der Waals surface area contributed by atoms with Gasteiger partial charge in [-0.2, -0.15) is 0 Å². The van der Waals surface area contributed by atoms with Crippen LogP contribution in [0.4, 0.5) is 5.13 Å². The van der Waals surface area contributed by atoms with Crippen molar-refractivity contribution in [3.05, 3.63) is 51.6 Å². The SMILES string of the molecule is O=C(CCCC1C(=O)/C(=C/c2cccs2)SC1=S)Nc1nc2ccccc2s1. The van der Waals surface area contributed by atoms with Crippen LogP contribution in [-0.4, -0.2) is 20.9 Å². The maximum absolute atomic E-state index is 12.6. The molecule has 4 nitrogen and oxygen atoms in total. The standard InChI is InChI=1S/C20H16N2O2S4/c23-17(22-20-21-14-7-1-2-8-15(14)28-20)9-3-6-13-18(24)16(27-19(13)25)11-12-5-4-10-26-12/h1-2,4-5,7-8,10-11,13H,3,6,9H2,(H,21,22,23)/b16-11-. The van der Waals surface area contributed by atoms with E-state index in [1.807, 2.05) is 47.9 Å². The second-order valence-corrected chi connectivity index (χ2v) is 10.1. The summed E-state index contributed by atoms with van der Waals surface area (Å²) in [5, 5.41) is 5.44. The molecule has 2 aromatic heterocycles. The van der Waals surface area contributed by atoms with Crippen molar-refractivity contribution in [2.45, 2.75) is 19.3 Å². The summed E-state index contributed by atoms with van der Waals surface area (Å²) in [4.78, 5) is 31.0. The Morgan fingerprint density at radius 1 is 1.25 bits per heavy atom. The topological polar surface area (TPSA) is 59.1 Å². The molecule has 28 heavy (non-hydrogen) atoms. The van der Waals surface area contributed by atoms with E-state index in [0.29, 0.717) is 33.5 Å². The van der Waals surface area contributed by atoms with E-state index in [2.05, 4.69) is 10.3 Å². The number of anilines is 1. The number of nitrogens with one attached hydrogen (secondary N) is 1. The van der Waals surface area contributed by atoms with Gasteiger partial charge in [-0.25, -0.2) is 4.98 Å². The molecule has 3 heterocycles. The Kier molecular flexibility index (Phi) is 6.01. The highest BCUT2D eigenvalue weighted by atomic mass is 32.2. The number of rotatable bonds is 6. The smallest absolute Gasteiger partial charge is 0.226 e. The Labute approximate surface area is 180 Å². The summed E-state index contributed by atoms with van der Waals surface area (Å²) >= 11 is 9.85. The van der Waals surface area contributed by atoms with E-state index in [4.69, 9.17) is 12.2 Å². The van der Waals surface area contributed by atoms with Crippen molar-refractivity contribution in [2.75, 3.05) is 5.32 Å². The molecule has 1 fully saturated rings. The molecule has 3 aromatic rings. The number of para-hydroxylation sites is 1. The third-order valence-corrected chi connectivity index (χ3v) is 7.64. The van der Waals surface area contributed by atoms with E-state index in [1.54, 1.807) is 11.3 Å². The number of fused-ring (bicyclic) bond motifs is 1. The van der Waals surface area contributed by atoms with Crippen molar-refractivity contribution in [3.8, 4) is 0 Å². The molecule has 1 aliphatic heterocycles. The Morgan fingerprint density at radius 3 is 2.89 bits per heavy atom. The molecule has 0 aliphatic carbocycles. The number of thiophene rings is 1. The van der Waals surface area contributed by atoms with E-state index in [0.717, 1.165) is 15.1 Å². The number of thioether (sulfide) groups is 1. The fourth-order valence-electron chi connectivity index (χ4n) is 2.93. The molecule has 8 heteroatoms. The number of aromatic nitrogens is 1. The van der Waals surface area contributed by atoms with Gasteiger partial charge in [-0.05, 0) is 42.5 Å². The minimum atomic E-state index is -0.276. The number of benzene rings is 1. The molecule has 0 bridgehead atoms. The second kappa shape index (κ2) is 8.65. The zero-order valence-corrected chi connectivity index (χ0v) is 18.0. The average molecular weight is 445 g/mol. The van der Waals surface area contributed by atoms with Gasteiger partial charge in [0.25, 0.3) is 0 Å². The van der Waals surface area contributed by atoms with Gasteiger partial charge in [0.1, 0.15) is 0 Å². The molecule has 1 amide bonds. The lowest BCUT2D eigenvalue weighted by molar-refractivity contribution is -0.118. The van der Waals surface area contributed by atoms with Crippen molar-refractivity contribution >= 4 is 84.0 Å². The van der Waals surface area contributed by atoms with Gasteiger partial charge in [0.2, 0.25) is 5.91 Å². The predicted octanol–water partition coefficient (Wildman–Crippen LogP) is 5.77. The molecule has 142 valence electrons. The average Bonchev–Trinajstić information content (AvgIpc) is 3.37. The maximum atomic E-state index is 12.6. The van der Waals surface area contributed by atoms with Crippen molar-refractivity contribution in [1.82, 2.24) is 4.98 Å². The number of hydrogen-bond donors (Lipinski definition) is 1. The molecule has 4 rings (SSSR count). The fourth-order valence-corrected chi connectivity index (χ4v) is 6.06. The number of thiocarbonyl (C=S) groups is 1. The quantitative estimate of drug-likeness (QED) is 0.386. The molecular formula is C20H16N2O2S4. The van der Waals surface area contributed by atoms with Crippen molar-refractivity contribution < 1.29 is 9.59 Å². The van der Waals surface area contributed by atoms with Gasteiger partial charge >= 0.3 is 0 Å². The molecule has 1 saturated heterocycles. The summed E-state index contributed by atoms with van der Waals surface area (Å²) in [6.45, 7) is 0. The number of thiazole rings is 1. The number of nitrogens with zero attached hydrogens (tertiary/aromatic N) is 1. The van der Waals surface area contributed by atoms with E-state index >= 15 is 0 Å². The molecule has 1 aliphatic rings. The lowest BCUT2D eigenvalue weighted by Crippen LogP contribution is -2.15. The molecule has 1 N–H and O–H groups in total. The van der Waals surface area contributed by atoms with Crippen molar-refractivity contribution in [1.29, 1.82) is 0 Å². The van der Waals surface area contributed by atoms with Crippen LogP contribution in [0.1, 0.15) is 24.1 Å². The normalized spacial score (nSPS) is 18.3. The van der Waals surface area contributed by atoms with E-state index in [-0.39, 0.29) is 17.6 Å². The molecule has 1 atom stereocenters. The van der Waals surface area contributed by atoms with Crippen LogP contribution in [0.3, 0.4) is 0 Å². The van der Waals surface area contributed by atoms with Crippen LogP contribution in [0.15, 0.2) is 46.7 Å². The molecule has 0 spiro atoms. The maximum Gasteiger partial charge on any atom is 0.226 e. The molecule has 0 radical (unpaired) electrons. The minimum absolute atomic E-state index is 0.0787. The highest BCUT2D eigenvalue weighted by Crippen LogP contribution is 2.38. The number of hydrogen-bond acceptors (Lipinski definition) is 7. The van der Waals surface area contributed by atoms with Crippen molar-refractivity contribution in [3.63, 3.8) is 0 Å². The van der Waals surface area contributed by atoms with E-state index in [1.165, 1.54) is 23.1 Å². The highest BCUT2D eigenvalue weighted by molar-refractivity contribution is 8.27. The highest BCUT2D eigenvalue weighted by Gasteiger charge is 2.34. The molecule has 1 aromatic carbocycles. The fraction of sp³-hybridized carbons (Fsp3) is 0.200. The number of carbonyl (C=O) groups is 2. The van der Waals surface area contributed by atoms with Gasteiger partial charge in [0.05, 0.1) is 25.2 Å². The van der Waals surface area contributed by atoms with E-state index < -0.39 is 0 Å². The van der Waals surface area contributed by atoms with Crippen LogP contribution in [0, 0.1) is 5.92 Å². The second-order valence-electron chi connectivity index (χ2n) is 6.29. The van der Waals surface area contributed by atoms with Crippen molar-refractivity contribution in [2.24, 2.45) is 5.92 Å². The first-order chi connectivity index (χ1) is 13.6. The van der Waals surface area contributed by atoms with Gasteiger partial charge in [-0.3, -0.25) is 9.59 Å². The van der Waals surface area contributed by atoms with Gasteiger partial charge in [0.15, 0.2) is 10.9 Å². The molecule has 1 unspecified atom stereocenters. The van der Waals surface area contributed by atoms with Crippen LogP contribution in [0.2, 0.25) is 0 Å². The third-order valence-electron chi connectivity index (χ3n) is 4.31. The first kappa shape index (κ1) is 19.4. The molecule has 0 saturated carbocycles. The Balaban J connectivity index is 1.30. The van der Waals surface area contributed by atoms with Gasteiger partial charge in [-0.15, -0.1) is 11.3 Å². The van der Waals surface area contributed by atoms with Crippen LogP contribution >= 0.6 is 46.7 Å². The zero-order chi connectivity index (χ0) is 19.5. The van der Waals surface area contributed by atoms with Crippen LogP contribution in [0.5, 0.6) is 0 Å². The number of ketones is 1. The van der Waals surface area contributed by atoms with Crippen LogP contribution < -0.4 is 5.32 Å². The summed E-state index contributed by atoms with van der Waals surface area (Å²) in [6, 6.07) is 11.7. The van der Waals surface area contributed by atoms with Gasteiger partial charge in [-0.1, -0.05) is 53.5 Å². The molecular weight excluding hydrogens is 429 g/mol. The number of Topliss-reactive ketones (excluding diaryl/α,β-unsaturated/α-hetero) is 1. The zero-order valence-electron chi connectivity index (χ0n) is 14.7. The Bertz CT molecular complexity index is 1040. The van der Waals surface area contributed by atoms with Gasteiger partial charge < -0.3 is 5.32 Å². The Morgan fingerprint density at radius 2 is 2.11 bits per heavy atom. The van der Waals surface area contributed by atoms with E-state index in [9.17, 15) is 9.59 Å². The van der Waals surface area contributed by atoms with Gasteiger partial charge in [0, 0.05) is 11.3 Å². The lowest BCUT2D eigenvalue weighted by Gasteiger charge is -2.06. The summed E-state index contributed by atoms with van der Waals surface area (Å²) < 4.78 is 1.75. The number of allylic oxidation sites excluding steroid dienone is 1. The first-order valence-corrected chi connectivity index (χ1v) is 11.7. The third kappa shape index (κ3) is 4.41. The first-order valence-electron chi connectivity index (χ1n) is 8.77. The monoisotopic (exact) mass is 444 g/mol. The Hall–Kier alpha value is -1.87. The number of amides is 1. The summed E-state index contributed by atoms with van der Waals surface area (Å²) in [5.41, 5.74) is 0.881. The number of carbonyl (C=O) groups excluding carboxylic acids is 2. The predicted molar refractivity (Wildman–Crippen MR) is 123 cm³/mol. The van der Waals surface area contributed by atoms with Crippen LogP contribution in [0.25, 0.3) is 16.3 Å². The minimum Gasteiger partial charge on any atom is -0.302 e. The lowest BCUT2D eigenvalue weighted by atomic mass is 9.98. The summed E-state index contributed by atoms with van der Waals surface area (Å²) in [6.07, 6.45) is 3.46.